The molecule has 0 saturated heterocycles. The predicted molar refractivity (Wildman–Crippen MR) is 195 cm³/mol. The van der Waals surface area contributed by atoms with Crippen LogP contribution in [0.15, 0.2) is 147 Å². The van der Waals surface area contributed by atoms with Crippen LogP contribution in [-0.4, -0.2) is 26.0 Å². The molecule has 0 atom stereocenters. The Bertz CT molecular complexity index is 1690. The van der Waals surface area contributed by atoms with Gasteiger partial charge in [0, 0.05) is 49.0 Å². The molecule has 0 fully saturated rings. The highest BCUT2D eigenvalue weighted by molar-refractivity contribution is 5.84. The van der Waals surface area contributed by atoms with Gasteiger partial charge in [0.15, 0.2) is 0 Å². The normalized spacial score (nSPS) is 10.5. The van der Waals surface area contributed by atoms with E-state index in [4.69, 9.17) is 9.47 Å². The van der Waals surface area contributed by atoms with E-state index in [1.165, 1.54) is 22.3 Å². The molecule has 0 heterocycles. The number of hydrogen-bond donors (Lipinski definition) is 0. The van der Waals surface area contributed by atoms with Crippen LogP contribution < -0.4 is 19.3 Å². The molecule has 0 aliphatic rings. The van der Waals surface area contributed by atoms with Crippen molar-refractivity contribution in [2.45, 2.75) is 25.7 Å². The number of esters is 2. The van der Waals surface area contributed by atoms with Gasteiger partial charge in [0.2, 0.25) is 0 Å². The van der Waals surface area contributed by atoms with Crippen LogP contribution in [0.5, 0.6) is 11.5 Å². The summed E-state index contributed by atoms with van der Waals surface area (Å²) in [6.07, 6.45) is 6.22. The zero-order valence-corrected chi connectivity index (χ0v) is 27.5. The molecule has 0 unspecified atom stereocenters. The van der Waals surface area contributed by atoms with Crippen molar-refractivity contribution >= 4 is 34.7 Å². The molecule has 5 rings (SSSR count). The smallest absolute Gasteiger partial charge is 0.335 e. The standard InChI is InChI=1S/C42H40N2O4/c1-5-41(45)47-39-27-23-37(24-28-39)43(3)35-19-15-33(16-20-35)13-11-31-7-9-32(10-8-31)12-14-34-17-21-36(22-18-34)44(4)38-25-29-40(30-26-38)48-42(46)6-2/h5-10,15-30H,1-2,11-14H2,3-4H3. The van der Waals surface area contributed by atoms with Gasteiger partial charge in [-0.1, -0.05) is 61.7 Å². The average molecular weight is 637 g/mol. The number of hydrogen-bond acceptors (Lipinski definition) is 6. The number of carbonyl (C=O) groups is 2. The Kier molecular flexibility index (Phi) is 11.2. The minimum Gasteiger partial charge on any atom is -0.423 e. The summed E-state index contributed by atoms with van der Waals surface area (Å²) in [4.78, 5) is 27.0. The Morgan fingerprint density at radius 3 is 0.938 bits per heavy atom. The zero-order valence-electron chi connectivity index (χ0n) is 27.5. The highest BCUT2D eigenvalue weighted by Crippen LogP contribution is 2.28. The summed E-state index contributed by atoms with van der Waals surface area (Å²) in [6.45, 7) is 6.85. The topological polar surface area (TPSA) is 59.1 Å². The van der Waals surface area contributed by atoms with Crippen molar-refractivity contribution in [2.75, 3.05) is 23.9 Å². The summed E-state index contributed by atoms with van der Waals surface area (Å²) in [7, 11) is 4.04. The maximum absolute atomic E-state index is 11.4. The molecule has 48 heavy (non-hydrogen) atoms. The molecule has 5 aromatic rings. The molecule has 5 aromatic carbocycles. The van der Waals surface area contributed by atoms with Crippen LogP contribution in [0.25, 0.3) is 0 Å². The maximum Gasteiger partial charge on any atom is 0.335 e. The number of benzene rings is 5. The molecule has 0 aliphatic carbocycles. The number of anilines is 4. The molecule has 6 nitrogen and oxygen atoms in total. The minimum absolute atomic E-state index is 0.469. The van der Waals surface area contributed by atoms with Crippen LogP contribution in [0.2, 0.25) is 0 Å². The molecule has 242 valence electrons. The molecule has 0 spiro atoms. The Labute approximate surface area is 283 Å². The van der Waals surface area contributed by atoms with E-state index in [9.17, 15) is 9.59 Å². The number of aryl methyl sites for hydroxylation is 4. The lowest BCUT2D eigenvalue weighted by Crippen LogP contribution is -2.09. The van der Waals surface area contributed by atoms with Crippen molar-refractivity contribution in [3.05, 3.63) is 169 Å². The third kappa shape index (κ3) is 9.10. The molecule has 0 aliphatic heterocycles. The van der Waals surface area contributed by atoms with Gasteiger partial charge in [-0.05, 0) is 121 Å². The van der Waals surface area contributed by atoms with E-state index in [0.29, 0.717) is 11.5 Å². The fourth-order valence-corrected chi connectivity index (χ4v) is 5.31. The van der Waals surface area contributed by atoms with Gasteiger partial charge in [0.05, 0.1) is 0 Å². The van der Waals surface area contributed by atoms with E-state index in [0.717, 1.165) is 60.6 Å². The first-order valence-electron chi connectivity index (χ1n) is 15.9. The van der Waals surface area contributed by atoms with Crippen molar-refractivity contribution < 1.29 is 19.1 Å². The van der Waals surface area contributed by atoms with E-state index >= 15 is 0 Å². The van der Waals surface area contributed by atoms with Crippen molar-refractivity contribution in [1.29, 1.82) is 0 Å². The summed E-state index contributed by atoms with van der Waals surface area (Å²) in [5.74, 6) is 0.0463. The average Bonchev–Trinajstić information content (AvgIpc) is 3.14. The van der Waals surface area contributed by atoms with Crippen molar-refractivity contribution in [2.24, 2.45) is 0 Å². The number of rotatable bonds is 14. The molecule has 0 bridgehead atoms. The molecule has 0 N–H and O–H groups in total. The number of ether oxygens (including phenoxy) is 2. The van der Waals surface area contributed by atoms with E-state index in [1.54, 1.807) is 24.3 Å². The fraction of sp³-hybridized carbons (Fsp3) is 0.143. The molecular formula is C42H40N2O4. The first-order valence-corrected chi connectivity index (χ1v) is 15.9. The third-order valence-corrected chi connectivity index (χ3v) is 8.29. The van der Waals surface area contributed by atoms with Crippen molar-refractivity contribution in [3.8, 4) is 11.5 Å². The first kappa shape index (κ1) is 33.5. The van der Waals surface area contributed by atoms with Crippen LogP contribution in [-0.2, 0) is 35.3 Å². The summed E-state index contributed by atoms with van der Waals surface area (Å²) in [5, 5.41) is 0. The second-order valence-electron chi connectivity index (χ2n) is 11.5. The molecule has 0 radical (unpaired) electrons. The zero-order chi connectivity index (χ0) is 33.9. The second-order valence-corrected chi connectivity index (χ2v) is 11.5. The van der Waals surface area contributed by atoms with Crippen LogP contribution in [0.4, 0.5) is 22.7 Å². The lowest BCUT2D eigenvalue weighted by molar-refractivity contribution is -0.129. The van der Waals surface area contributed by atoms with Crippen LogP contribution in [0.3, 0.4) is 0 Å². The van der Waals surface area contributed by atoms with Gasteiger partial charge in [-0.3, -0.25) is 0 Å². The minimum atomic E-state index is -0.469. The summed E-state index contributed by atoms with van der Waals surface area (Å²) >= 11 is 0. The Morgan fingerprint density at radius 2 is 0.688 bits per heavy atom. The maximum atomic E-state index is 11.4. The van der Waals surface area contributed by atoms with E-state index in [-0.39, 0.29) is 0 Å². The molecular weight excluding hydrogens is 596 g/mol. The highest BCUT2D eigenvalue weighted by atomic mass is 16.5. The van der Waals surface area contributed by atoms with Crippen molar-refractivity contribution in [3.63, 3.8) is 0 Å². The number of nitrogens with zero attached hydrogens (tertiary/aromatic N) is 2. The van der Waals surface area contributed by atoms with Crippen LogP contribution in [0.1, 0.15) is 22.3 Å². The molecule has 0 aromatic heterocycles. The first-order chi connectivity index (χ1) is 23.3. The van der Waals surface area contributed by atoms with E-state index in [2.05, 4.69) is 95.8 Å². The van der Waals surface area contributed by atoms with E-state index in [1.807, 2.05) is 38.4 Å². The van der Waals surface area contributed by atoms with E-state index < -0.39 is 11.9 Å². The monoisotopic (exact) mass is 636 g/mol. The summed E-state index contributed by atoms with van der Waals surface area (Å²) < 4.78 is 10.3. The summed E-state index contributed by atoms with van der Waals surface area (Å²) in [5.41, 5.74) is 9.42. The lowest BCUT2D eigenvalue weighted by Gasteiger charge is -2.20. The van der Waals surface area contributed by atoms with Crippen LogP contribution >= 0.6 is 0 Å². The molecule has 0 amide bonds. The van der Waals surface area contributed by atoms with Gasteiger partial charge in [-0.15, -0.1) is 0 Å². The SMILES string of the molecule is C=CC(=O)Oc1ccc(N(C)c2ccc(CCc3ccc(CCc4ccc(N(C)c5ccc(OC(=O)C=C)cc5)cc4)cc3)cc2)cc1. The van der Waals surface area contributed by atoms with Crippen molar-refractivity contribution in [1.82, 2.24) is 0 Å². The van der Waals surface area contributed by atoms with Crippen LogP contribution in [0, 0.1) is 0 Å². The molecule has 6 heteroatoms. The summed E-state index contributed by atoms with van der Waals surface area (Å²) in [6, 6.07) is 41.1. The third-order valence-electron chi connectivity index (χ3n) is 8.29. The second kappa shape index (κ2) is 16.1. The van der Waals surface area contributed by atoms with Gasteiger partial charge in [-0.25, -0.2) is 9.59 Å². The van der Waals surface area contributed by atoms with Gasteiger partial charge in [0.1, 0.15) is 11.5 Å². The Morgan fingerprint density at radius 1 is 0.458 bits per heavy atom. The van der Waals surface area contributed by atoms with Gasteiger partial charge >= 0.3 is 11.9 Å². The Hall–Kier alpha value is -5.88. The molecule has 0 saturated carbocycles. The van der Waals surface area contributed by atoms with Gasteiger partial charge in [-0.2, -0.15) is 0 Å². The quantitative estimate of drug-likeness (QED) is 0.0689. The van der Waals surface area contributed by atoms with Gasteiger partial charge < -0.3 is 19.3 Å². The van der Waals surface area contributed by atoms with Gasteiger partial charge in [0.25, 0.3) is 0 Å². The fourth-order valence-electron chi connectivity index (χ4n) is 5.31. The largest absolute Gasteiger partial charge is 0.423 e. The lowest BCUT2D eigenvalue weighted by atomic mass is 10.00. The highest BCUT2D eigenvalue weighted by Gasteiger charge is 2.08. The Balaban J connectivity index is 1.07. The number of carbonyl (C=O) groups excluding carboxylic acids is 2. The predicted octanol–water partition coefficient (Wildman–Crippen LogP) is 8.98.